The molecule has 0 saturated heterocycles. The van der Waals surface area contributed by atoms with E-state index >= 15 is 0 Å². The van der Waals surface area contributed by atoms with Crippen LogP contribution in [0.25, 0.3) is 0 Å². The maximum absolute atomic E-state index is 12.0. The van der Waals surface area contributed by atoms with Crippen LogP contribution >= 0.6 is 0 Å². The number of carboxylic acids is 1. The summed E-state index contributed by atoms with van der Waals surface area (Å²) in [5.41, 5.74) is 0. The molecule has 0 amide bonds. The highest BCUT2D eigenvalue weighted by molar-refractivity contribution is 5.75. The minimum Gasteiger partial charge on any atom is -0.477 e. The molecule has 0 heterocycles. The van der Waals surface area contributed by atoms with Crippen molar-refractivity contribution in [3.05, 3.63) is 0 Å². The van der Waals surface area contributed by atoms with E-state index in [1.165, 1.54) is 6.07 Å². The lowest BCUT2D eigenvalue weighted by atomic mass is 10.2. The van der Waals surface area contributed by atoms with Crippen LogP contribution in [0.4, 0.5) is 8.78 Å². The zero-order valence-corrected chi connectivity index (χ0v) is 4.97. The molecule has 0 aliphatic carbocycles. The van der Waals surface area contributed by atoms with Crippen LogP contribution in [0.1, 0.15) is 12.8 Å². The molecular formula is C5H5F2NO2. The molecule has 0 spiro atoms. The molecule has 0 rings (SSSR count). The Labute approximate surface area is 55.9 Å². The van der Waals surface area contributed by atoms with Crippen molar-refractivity contribution in [2.75, 3.05) is 0 Å². The van der Waals surface area contributed by atoms with Crippen molar-refractivity contribution >= 4 is 5.97 Å². The molecule has 0 aromatic carbocycles. The second-order valence-electron chi connectivity index (χ2n) is 1.67. The summed E-state index contributed by atoms with van der Waals surface area (Å²) in [5.74, 6) is -5.93. The number of hydrogen-bond acceptors (Lipinski definition) is 2. The third-order valence-corrected chi connectivity index (χ3v) is 0.864. The normalized spacial score (nSPS) is 10.5. The summed E-state index contributed by atoms with van der Waals surface area (Å²) >= 11 is 0. The van der Waals surface area contributed by atoms with Crippen molar-refractivity contribution in [2.45, 2.75) is 18.8 Å². The Morgan fingerprint density at radius 1 is 1.70 bits per heavy atom. The van der Waals surface area contributed by atoms with Gasteiger partial charge in [-0.25, -0.2) is 4.79 Å². The summed E-state index contributed by atoms with van der Waals surface area (Å²) in [6.45, 7) is 0. The van der Waals surface area contributed by atoms with E-state index < -0.39 is 24.7 Å². The second-order valence-corrected chi connectivity index (χ2v) is 1.67. The van der Waals surface area contributed by atoms with Gasteiger partial charge >= 0.3 is 11.9 Å². The molecule has 56 valence electrons. The van der Waals surface area contributed by atoms with Crippen LogP contribution in [0, 0.1) is 11.3 Å². The van der Waals surface area contributed by atoms with Crippen molar-refractivity contribution < 1.29 is 18.7 Å². The zero-order chi connectivity index (χ0) is 8.20. The van der Waals surface area contributed by atoms with E-state index in [0.717, 1.165) is 0 Å². The highest BCUT2D eigenvalue weighted by Gasteiger charge is 2.37. The quantitative estimate of drug-likeness (QED) is 0.651. The number of nitriles is 1. The van der Waals surface area contributed by atoms with Gasteiger partial charge in [0.05, 0.1) is 6.07 Å². The van der Waals surface area contributed by atoms with Gasteiger partial charge in [0, 0.05) is 12.8 Å². The zero-order valence-electron chi connectivity index (χ0n) is 4.97. The first-order valence-electron chi connectivity index (χ1n) is 2.49. The Bertz CT molecular complexity index is 173. The standard InChI is InChI=1S/C5H5F2NO2/c6-5(7,4(9)10)2-1-3-8/h1-2H2,(H,9,10). The summed E-state index contributed by atoms with van der Waals surface area (Å²) in [4.78, 5) is 9.67. The van der Waals surface area contributed by atoms with Crippen LogP contribution in [0.15, 0.2) is 0 Å². The molecule has 10 heavy (non-hydrogen) atoms. The highest BCUT2D eigenvalue weighted by Crippen LogP contribution is 2.19. The lowest BCUT2D eigenvalue weighted by Crippen LogP contribution is -2.27. The number of halogens is 2. The van der Waals surface area contributed by atoms with Gasteiger partial charge in [-0.1, -0.05) is 0 Å². The Kier molecular flexibility index (Phi) is 2.74. The van der Waals surface area contributed by atoms with Crippen LogP contribution < -0.4 is 0 Å². The van der Waals surface area contributed by atoms with Gasteiger partial charge in [-0.2, -0.15) is 14.0 Å². The van der Waals surface area contributed by atoms with Gasteiger partial charge in [-0.3, -0.25) is 0 Å². The van der Waals surface area contributed by atoms with E-state index in [1.807, 2.05) is 0 Å². The number of alkyl halides is 2. The van der Waals surface area contributed by atoms with Crippen LogP contribution in [0.5, 0.6) is 0 Å². The van der Waals surface area contributed by atoms with Gasteiger partial charge < -0.3 is 5.11 Å². The van der Waals surface area contributed by atoms with Crippen LogP contribution in [0.3, 0.4) is 0 Å². The van der Waals surface area contributed by atoms with E-state index in [-0.39, 0.29) is 0 Å². The number of carboxylic acid groups (broad SMARTS) is 1. The fraction of sp³-hybridized carbons (Fsp3) is 0.600. The third-order valence-electron chi connectivity index (χ3n) is 0.864. The number of nitrogens with zero attached hydrogens (tertiary/aromatic N) is 1. The summed E-state index contributed by atoms with van der Waals surface area (Å²) in [5, 5.41) is 15.6. The molecule has 0 bridgehead atoms. The topological polar surface area (TPSA) is 61.1 Å². The number of carbonyl (C=O) groups is 1. The largest absolute Gasteiger partial charge is 0.477 e. The maximum atomic E-state index is 12.0. The van der Waals surface area contributed by atoms with Gasteiger partial charge in [0.1, 0.15) is 0 Å². The average molecular weight is 149 g/mol. The smallest absolute Gasteiger partial charge is 0.374 e. The summed E-state index contributed by atoms with van der Waals surface area (Å²) in [6, 6.07) is 1.44. The first-order chi connectivity index (χ1) is 4.50. The first-order valence-corrected chi connectivity index (χ1v) is 2.49. The molecule has 0 radical (unpaired) electrons. The van der Waals surface area contributed by atoms with Crippen LogP contribution in [-0.2, 0) is 4.79 Å². The Balaban J connectivity index is 3.90. The molecule has 0 fully saturated rings. The molecule has 0 atom stereocenters. The average Bonchev–Trinajstić information content (AvgIpc) is 1.84. The number of aliphatic carboxylic acids is 1. The molecule has 0 aromatic rings. The predicted molar refractivity (Wildman–Crippen MR) is 27.4 cm³/mol. The molecule has 0 saturated carbocycles. The van der Waals surface area contributed by atoms with E-state index in [9.17, 15) is 13.6 Å². The van der Waals surface area contributed by atoms with Crippen molar-refractivity contribution in [1.29, 1.82) is 5.26 Å². The van der Waals surface area contributed by atoms with Crippen molar-refractivity contribution in [3.63, 3.8) is 0 Å². The van der Waals surface area contributed by atoms with E-state index in [0.29, 0.717) is 0 Å². The number of rotatable bonds is 3. The Hall–Kier alpha value is -1.18. The maximum Gasteiger partial charge on any atom is 0.374 e. The molecule has 0 aliphatic heterocycles. The van der Waals surface area contributed by atoms with E-state index in [2.05, 4.69) is 0 Å². The first kappa shape index (κ1) is 8.82. The molecule has 0 aromatic heterocycles. The summed E-state index contributed by atoms with van der Waals surface area (Å²) in [6.07, 6.45) is -1.36. The molecule has 3 nitrogen and oxygen atoms in total. The fourth-order valence-corrected chi connectivity index (χ4v) is 0.320. The Morgan fingerprint density at radius 2 is 2.20 bits per heavy atom. The molecular weight excluding hydrogens is 144 g/mol. The van der Waals surface area contributed by atoms with E-state index in [4.69, 9.17) is 10.4 Å². The van der Waals surface area contributed by atoms with Gasteiger partial charge in [0.15, 0.2) is 0 Å². The molecule has 5 heteroatoms. The highest BCUT2D eigenvalue weighted by atomic mass is 19.3. The summed E-state index contributed by atoms with van der Waals surface area (Å²) in [7, 11) is 0. The predicted octanol–water partition coefficient (Wildman–Crippen LogP) is 1.01. The second kappa shape index (κ2) is 3.11. The van der Waals surface area contributed by atoms with Gasteiger partial charge in [0.2, 0.25) is 0 Å². The lowest BCUT2D eigenvalue weighted by molar-refractivity contribution is -0.165. The van der Waals surface area contributed by atoms with Gasteiger partial charge in [0.25, 0.3) is 0 Å². The van der Waals surface area contributed by atoms with E-state index in [1.54, 1.807) is 0 Å². The van der Waals surface area contributed by atoms with Crippen molar-refractivity contribution in [3.8, 4) is 6.07 Å². The minimum absolute atomic E-state index is 0.445. The van der Waals surface area contributed by atoms with Gasteiger partial charge in [-0.15, -0.1) is 0 Å². The summed E-state index contributed by atoms with van der Waals surface area (Å²) < 4.78 is 24.0. The Morgan fingerprint density at radius 3 is 2.50 bits per heavy atom. The van der Waals surface area contributed by atoms with Crippen LogP contribution in [-0.4, -0.2) is 17.0 Å². The molecule has 0 unspecified atom stereocenters. The lowest BCUT2D eigenvalue weighted by Gasteiger charge is -2.06. The minimum atomic E-state index is -3.75. The van der Waals surface area contributed by atoms with Crippen molar-refractivity contribution in [2.24, 2.45) is 0 Å². The monoisotopic (exact) mass is 149 g/mol. The fourth-order valence-electron chi connectivity index (χ4n) is 0.320. The van der Waals surface area contributed by atoms with Crippen LogP contribution in [0.2, 0.25) is 0 Å². The van der Waals surface area contributed by atoms with Crippen molar-refractivity contribution in [1.82, 2.24) is 0 Å². The van der Waals surface area contributed by atoms with Gasteiger partial charge in [-0.05, 0) is 0 Å². The SMILES string of the molecule is N#CCCC(F)(F)C(=O)O. The number of hydrogen-bond donors (Lipinski definition) is 1. The third kappa shape index (κ3) is 2.40. The molecule has 1 N–H and O–H groups in total. The molecule has 0 aliphatic rings.